The minimum absolute atomic E-state index is 0.265. The van der Waals surface area contributed by atoms with Gasteiger partial charge < -0.3 is 9.84 Å². The smallest absolute Gasteiger partial charge is 0.158 e. The van der Waals surface area contributed by atoms with Crippen LogP contribution >= 0.6 is 22.6 Å². The van der Waals surface area contributed by atoms with Gasteiger partial charge >= 0.3 is 0 Å². The van der Waals surface area contributed by atoms with E-state index in [4.69, 9.17) is 4.74 Å². The van der Waals surface area contributed by atoms with E-state index in [0.29, 0.717) is 24.5 Å². The largest absolute Gasteiger partial charge is 0.491 e. The summed E-state index contributed by atoms with van der Waals surface area (Å²) in [6.07, 6.45) is -0.111. The first-order valence-corrected chi connectivity index (χ1v) is 4.93. The molecule has 0 aromatic carbocycles. The molecule has 0 amide bonds. The zero-order chi connectivity index (χ0) is 9.42. The second-order valence-electron chi connectivity index (χ2n) is 2.80. The van der Waals surface area contributed by atoms with Crippen LogP contribution in [-0.4, -0.2) is 16.7 Å². The van der Waals surface area contributed by atoms with Gasteiger partial charge in [0.05, 0.1) is 6.61 Å². The van der Waals surface area contributed by atoms with E-state index in [0.717, 1.165) is 0 Å². The first kappa shape index (κ1) is 9.14. The summed E-state index contributed by atoms with van der Waals surface area (Å²) in [5, 5.41) is 9.51. The highest BCUT2D eigenvalue weighted by atomic mass is 127. The normalized spacial score (nSPS) is 20.7. The fraction of sp³-hybridized carbons (Fsp3) is 0.375. The van der Waals surface area contributed by atoms with Crippen LogP contribution in [0.4, 0.5) is 4.39 Å². The predicted molar refractivity (Wildman–Crippen MR) is 52.0 cm³/mol. The Morgan fingerprint density at radius 1 is 1.69 bits per heavy atom. The molecule has 0 bridgehead atoms. The van der Waals surface area contributed by atoms with Gasteiger partial charge in [0.25, 0.3) is 0 Å². The lowest BCUT2D eigenvalue weighted by molar-refractivity contribution is 0.109. The third-order valence-electron chi connectivity index (χ3n) is 1.89. The van der Waals surface area contributed by atoms with Gasteiger partial charge in [-0.15, -0.1) is 0 Å². The van der Waals surface area contributed by atoms with Crippen molar-refractivity contribution in [2.45, 2.75) is 12.5 Å². The monoisotopic (exact) mass is 295 g/mol. The highest BCUT2D eigenvalue weighted by molar-refractivity contribution is 14.1. The molecule has 13 heavy (non-hydrogen) atoms. The zero-order valence-electron chi connectivity index (χ0n) is 6.63. The predicted octanol–water partition coefficient (Wildman–Crippen LogP) is 1.64. The number of aromatic nitrogens is 1. The van der Waals surface area contributed by atoms with Crippen molar-refractivity contribution in [3.8, 4) is 5.75 Å². The summed E-state index contributed by atoms with van der Waals surface area (Å²) >= 11 is 1.79. The summed E-state index contributed by atoms with van der Waals surface area (Å²) in [7, 11) is 0. The molecule has 0 saturated carbocycles. The molecule has 3 nitrogen and oxygen atoms in total. The maximum atomic E-state index is 13.0. The third kappa shape index (κ3) is 1.62. The molecule has 1 aromatic heterocycles. The van der Waals surface area contributed by atoms with Crippen molar-refractivity contribution in [2.24, 2.45) is 0 Å². The maximum absolute atomic E-state index is 13.0. The van der Waals surface area contributed by atoms with E-state index in [9.17, 15) is 9.50 Å². The Balaban J connectivity index is 2.52. The number of fused-ring (bicyclic) bond motifs is 1. The molecule has 2 heterocycles. The summed E-state index contributed by atoms with van der Waals surface area (Å²) in [6, 6.07) is 1.27. The molecule has 0 fully saturated rings. The van der Waals surface area contributed by atoms with Gasteiger partial charge in [0, 0.05) is 12.5 Å². The van der Waals surface area contributed by atoms with Gasteiger partial charge in [0.15, 0.2) is 5.82 Å². The van der Waals surface area contributed by atoms with E-state index in [-0.39, 0.29) is 3.70 Å². The second kappa shape index (κ2) is 3.38. The molecule has 70 valence electrons. The number of pyridine rings is 1. The number of aliphatic hydroxyl groups is 1. The summed E-state index contributed by atoms with van der Waals surface area (Å²) in [4.78, 5) is 3.93. The van der Waals surface area contributed by atoms with Gasteiger partial charge in [-0.3, -0.25) is 0 Å². The van der Waals surface area contributed by atoms with Gasteiger partial charge in [-0.25, -0.2) is 9.37 Å². The lowest BCUT2D eigenvalue weighted by Crippen LogP contribution is -2.16. The molecule has 0 spiro atoms. The average molecular weight is 295 g/mol. The minimum Gasteiger partial charge on any atom is -0.491 e. The van der Waals surface area contributed by atoms with Crippen molar-refractivity contribution in [2.75, 3.05) is 6.61 Å². The highest BCUT2D eigenvalue weighted by Crippen LogP contribution is 2.31. The molecular formula is C8H7FINO2. The molecule has 1 unspecified atom stereocenters. The Kier molecular flexibility index (Phi) is 2.37. The number of ether oxygens (including phenoxy) is 1. The minimum atomic E-state index is -0.627. The molecular weight excluding hydrogens is 288 g/mol. The maximum Gasteiger partial charge on any atom is 0.158 e. The van der Waals surface area contributed by atoms with Gasteiger partial charge in [0.2, 0.25) is 0 Å². The van der Waals surface area contributed by atoms with E-state index < -0.39 is 11.9 Å². The second-order valence-corrected chi connectivity index (χ2v) is 3.82. The van der Waals surface area contributed by atoms with Crippen LogP contribution in [0.25, 0.3) is 0 Å². The molecule has 1 aliphatic heterocycles. The number of halogens is 2. The first-order chi connectivity index (χ1) is 6.18. The lowest BCUT2D eigenvalue weighted by Gasteiger charge is -2.20. The summed E-state index contributed by atoms with van der Waals surface area (Å²) in [5.74, 6) is -0.0508. The van der Waals surface area contributed by atoms with E-state index in [2.05, 4.69) is 4.98 Å². The first-order valence-electron chi connectivity index (χ1n) is 3.85. The van der Waals surface area contributed by atoms with E-state index in [1.54, 1.807) is 22.6 Å². The number of rotatable bonds is 0. The zero-order valence-corrected chi connectivity index (χ0v) is 8.79. The highest BCUT2D eigenvalue weighted by Gasteiger charge is 2.22. The Hall–Kier alpha value is -0.430. The fourth-order valence-corrected chi connectivity index (χ4v) is 1.65. The molecule has 1 aromatic rings. The molecule has 1 aliphatic rings. The molecule has 1 N–H and O–H groups in total. The van der Waals surface area contributed by atoms with Crippen LogP contribution in [0, 0.1) is 9.52 Å². The number of nitrogens with zero attached hydrogens (tertiary/aromatic N) is 1. The summed E-state index contributed by atoms with van der Waals surface area (Å²) < 4.78 is 18.4. The van der Waals surface area contributed by atoms with Crippen LogP contribution in [-0.2, 0) is 0 Å². The fourth-order valence-electron chi connectivity index (χ4n) is 1.23. The van der Waals surface area contributed by atoms with Crippen molar-refractivity contribution in [3.63, 3.8) is 0 Å². The van der Waals surface area contributed by atoms with Crippen LogP contribution in [0.1, 0.15) is 18.2 Å². The number of hydrogen-bond acceptors (Lipinski definition) is 3. The molecule has 0 radical (unpaired) electrons. The van der Waals surface area contributed by atoms with Crippen molar-refractivity contribution in [1.29, 1.82) is 0 Å². The van der Waals surface area contributed by atoms with Gasteiger partial charge in [-0.2, -0.15) is 0 Å². The van der Waals surface area contributed by atoms with Crippen LogP contribution < -0.4 is 4.74 Å². The quantitative estimate of drug-likeness (QED) is 0.584. The SMILES string of the molecule is OC1CCOc2cc(F)c(I)nc21. The number of hydrogen-bond donors (Lipinski definition) is 1. The van der Waals surface area contributed by atoms with Crippen LogP contribution in [0.3, 0.4) is 0 Å². The lowest BCUT2D eigenvalue weighted by atomic mass is 10.1. The molecule has 1 atom stereocenters. The van der Waals surface area contributed by atoms with Crippen molar-refractivity contribution < 1.29 is 14.2 Å². The van der Waals surface area contributed by atoms with Gasteiger partial charge in [-0.05, 0) is 22.6 Å². The van der Waals surface area contributed by atoms with Crippen LogP contribution in [0.5, 0.6) is 5.75 Å². The standard InChI is InChI=1S/C8H7FINO2/c9-4-3-6-7(11-8(4)10)5(12)1-2-13-6/h3,5,12H,1-2H2. The van der Waals surface area contributed by atoms with Crippen LogP contribution in [0.15, 0.2) is 6.07 Å². The van der Waals surface area contributed by atoms with E-state index in [1.165, 1.54) is 6.07 Å². The Morgan fingerprint density at radius 3 is 3.23 bits per heavy atom. The Bertz CT molecular complexity index is 345. The Labute approximate surface area is 88.1 Å². The average Bonchev–Trinajstić information content (AvgIpc) is 2.09. The van der Waals surface area contributed by atoms with Gasteiger partial charge in [0.1, 0.15) is 21.2 Å². The Morgan fingerprint density at radius 2 is 2.46 bits per heavy atom. The van der Waals surface area contributed by atoms with E-state index in [1.807, 2.05) is 0 Å². The molecule has 0 saturated heterocycles. The molecule has 5 heteroatoms. The summed E-state index contributed by atoms with van der Waals surface area (Å²) in [5.41, 5.74) is 0.442. The van der Waals surface area contributed by atoms with Gasteiger partial charge in [-0.1, -0.05) is 0 Å². The molecule has 2 rings (SSSR count). The van der Waals surface area contributed by atoms with Crippen molar-refractivity contribution in [1.82, 2.24) is 4.98 Å². The number of aliphatic hydroxyl groups excluding tert-OH is 1. The summed E-state index contributed by atoms with van der Waals surface area (Å²) in [6.45, 7) is 0.413. The molecule has 0 aliphatic carbocycles. The van der Waals surface area contributed by atoms with Crippen LogP contribution in [0.2, 0.25) is 0 Å². The third-order valence-corrected chi connectivity index (χ3v) is 2.65. The van der Waals surface area contributed by atoms with Crippen molar-refractivity contribution >= 4 is 22.6 Å². The van der Waals surface area contributed by atoms with E-state index >= 15 is 0 Å². The topological polar surface area (TPSA) is 42.4 Å². The van der Waals surface area contributed by atoms with Crippen molar-refractivity contribution in [3.05, 3.63) is 21.3 Å².